The number of nitrogens with one attached hydrogen (secondary N) is 1. The van der Waals surface area contributed by atoms with Crippen LogP contribution < -0.4 is 11.1 Å². The smallest absolute Gasteiger partial charge is 0.318 e. The van der Waals surface area contributed by atoms with Crippen LogP contribution in [0, 0.1) is 0 Å². The molecule has 0 saturated heterocycles. The van der Waals surface area contributed by atoms with Crippen LogP contribution in [0.4, 0.5) is 4.79 Å². The molecule has 0 aromatic carbocycles. The standard InChI is InChI=1S/C12H16N2O4S/c1-8(11(16)14-12(13)17)18-10(15)6-2-4-9-5-3-7-19-9/h3,5,7-8H,2,4,6H2,1H3,(H3,13,14,16,17)/t8-/m0/s1. The van der Waals surface area contributed by atoms with Crippen molar-refractivity contribution in [3.05, 3.63) is 22.4 Å². The predicted molar refractivity (Wildman–Crippen MR) is 70.5 cm³/mol. The lowest BCUT2D eigenvalue weighted by molar-refractivity contribution is -0.154. The van der Waals surface area contributed by atoms with Crippen LogP contribution in [0.3, 0.4) is 0 Å². The molecule has 0 spiro atoms. The molecule has 0 aliphatic carbocycles. The van der Waals surface area contributed by atoms with Gasteiger partial charge in [0, 0.05) is 11.3 Å². The van der Waals surface area contributed by atoms with Crippen molar-refractivity contribution in [3.63, 3.8) is 0 Å². The third kappa shape index (κ3) is 6.01. The summed E-state index contributed by atoms with van der Waals surface area (Å²) in [5.41, 5.74) is 4.79. The van der Waals surface area contributed by atoms with E-state index in [1.165, 1.54) is 11.8 Å². The SMILES string of the molecule is C[C@H](OC(=O)CCCc1cccs1)C(=O)NC(N)=O. The Balaban J connectivity index is 2.23. The molecule has 1 aromatic heterocycles. The Morgan fingerprint density at radius 2 is 2.21 bits per heavy atom. The lowest BCUT2D eigenvalue weighted by Crippen LogP contribution is -2.42. The molecule has 1 aromatic rings. The molecule has 0 saturated carbocycles. The zero-order chi connectivity index (χ0) is 14.3. The van der Waals surface area contributed by atoms with Crippen molar-refractivity contribution in [2.45, 2.75) is 32.3 Å². The number of nitrogens with two attached hydrogens (primary N) is 1. The summed E-state index contributed by atoms with van der Waals surface area (Å²) in [5, 5.41) is 3.83. The highest BCUT2D eigenvalue weighted by atomic mass is 32.1. The number of esters is 1. The molecular formula is C12H16N2O4S. The number of rotatable bonds is 6. The largest absolute Gasteiger partial charge is 0.453 e. The van der Waals surface area contributed by atoms with E-state index in [2.05, 4.69) is 0 Å². The normalized spacial score (nSPS) is 11.6. The number of hydrogen-bond acceptors (Lipinski definition) is 5. The zero-order valence-electron chi connectivity index (χ0n) is 10.5. The van der Waals surface area contributed by atoms with Gasteiger partial charge in [-0.2, -0.15) is 0 Å². The molecule has 3 N–H and O–H groups in total. The van der Waals surface area contributed by atoms with Crippen molar-refractivity contribution in [3.8, 4) is 0 Å². The van der Waals surface area contributed by atoms with E-state index in [1.54, 1.807) is 11.3 Å². The summed E-state index contributed by atoms with van der Waals surface area (Å²) in [6.45, 7) is 1.38. The number of urea groups is 1. The minimum Gasteiger partial charge on any atom is -0.453 e. The number of thiophene rings is 1. The summed E-state index contributed by atoms with van der Waals surface area (Å²) in [6, 6.07) is 2.98. The van der Waals surface area contributed by atoms with Gasteiger partial charge in [-0.3, -0.25) is 14.9 Å². The molecule has 1 rings (SSSR count). The number of primary amides is 1. The molecular weight excluding hydrogens is 268 g/mol. The first-order valence-electron chi connectivity index (χ1n) is 5.81. The van der Waals surface area contributed by atoms with E-state index in [0.717, 1.165) is 6.42 Å². The number of hydrogen-bond donors (Lipinski definition) is 2. The molecule has 1 atom stereocenters. The minimum atomic E-state index is -1.03. The summed E-state index contributed by atoms with van der Waals surface area (Å²) < 4.78 is 4.88. The van der Waals surface area contributed by atoms with Crippen molar-refractivity contribution in [1.82, 2.24) is 5.32 Å². The van der Waals surface area contributed by atoms with Crippen LogP contribution in [-0.2, 0) is 20.7 Å². The highest BCUT2D eigenvalue weighted by Gasteiger charge is 2.18. The molecule has 0 aliphatic heterocycles. The lowest BCUT2D eigenvalue weighted by Gasteiger charge is -2.11. The number of imide groups is 1. The third-order valence-electron chi connectivity index (χ3n) is 2.31. The van der Waals surface area contributed by atoms with Gasteiger partial charge in [0.15, 0.2) is 6.10 Å². The highest BCUT2D eigenvalue weighted by Crippen LogP contribution is 2.12. The van der Waals surface area contributed by atoms with Crippen LogP contribution in [0.5, 0.6) is 0 Å². The average molecular weight is 284 g/mol. The zero-order valence-corrected chi connectivity index (χ0v) is 11.4. The number of aryl methyl sites for hydroxylation is 1. The minimum absolute atomic E-state index is 0.228. The average Bonchev–Trinajstić information content (AvgIpc) is 2.81. The molecule has 19 heavy (non-hydrogen) atoms. The van der Waals surface area contributed by atoms with Crippen LogP contribution >= 0.6 is 11.3 Å². The monoisotopic (exact) mass is 284 g/mol. The summed E-state index contributed by atoms with van der Waals surface area (Å²) >= 11 is 1.63. The van der Waals surface area contributed by atoms with Gasteiger partial charge in [-0.05, 0) is 31.2 Å². The fraction of sp³-hybridized carbons (Fsp3) is 0.417. The summed E-state index contributed by atoms with van der Waals surface area (Å²) in [6.07, 6.45) is 0.659. The Bertz CT molecular complexity index is 445. The molecule has 104 valence electrons. The summed E-state index contributed by atoms with van der Waals surface area (Å²) in [7, 11) is 0. The molecule has 0 unspecified atom stereocenters. The Kier molecular flexibility index (Phi) is 6.01. The van der Waals surface area contributed by atoms with E-state index in [1.807, 2.05) is 22.8 Å². The first kappa shape index (κ1) is 15.2. The quantitative estimate of drug-likeness (QED) is 0.767. The van der Waals surface area contributed by atoms with Gasteiger partial charge < -0.3 is 10.5 Å². The van der Waals surface area contributed by atoms with Crippen molar-refractivity contribution < 1.29 is 19.1 Å². The van der Waals surface area contributed by atoms with E-state index in [-0.39, 0.29) is 6.42 Å². The molecule has 0 bridgehead atoms. The van der Waals surface area contributed by atoms with Crippen molar-refractivity contribution >= 4 is 29.2 Å². The van der Waals surface area contributed by atoms with Crippen molar-refractivity contribution in [2.24, 2.45) is 5.73 Å². The van der Waals surface area contributed by atoms with E-state index in [4.69, 9.17) is 10.5 Å². The maximum Gasteiger partial charge on any atom is 0.318 e. The van der Waals surface area contributed by atoms with Gasteiger partial charge >= 0.3 is 12.0 Å². The Labute approximate surface area is 114 Å². The molecule has 0 radical (unpaired) electrons. The van der Waals surface area contributed by atoms with E-state index < -0.39 is 24.0 Å². The summed E-state index contributed by atoms with van der Waals surface area (Å²) in [4.78, 5) is 34.4. The van der Waals surface area contributed by atoms with E-state index in [9.17, 15) is 14.4 Å². The molecule has 0 aliphatic rings. The van der Waals surface area contributed by atoms with Crippen molar-refractivity contribution in [2.75, 3.05) is 0 Å². The predicted octanol–water partition coefficient (Wildman–Crippen LogP) is 1.20. The maximum absolute atomic E-state index is 11.5. The number of carbonyl (C=O) groups is 3. The van der Waals surface area contributed by atoms with Crippen LogP contribution in [0.1, 0.15) is 24.6 Å². The molecule has 6 nitrogen and oxygen atoms in total. The van der Waals surface area contributed by atoms with Gasteiger partial charge in [-0.25, -0.2) is 4.79 Å². The van der Waals surface area contributed by atoms with Crippen LogP contribution in [0.25, 0.3) is 0 Å². The van der Waals surface area contributed by atoms with Gasteiger partial charge in [-0.15, -0.1) is 11.3 Å². The Morgan fingerprint density at radius 3 is 2.79 bits per heavy atom. The van der Waals surface area contributed by atoms with Gasteiger partial charge in [0.25, 0.3) is 5.91 Å². The van der Waals surface area contributed by atoms with Crippen LogP contribution in [-0.4, -0.2) is 24.0 Å². The molecule has 0 fully saturated rings. The van der Waals surface area contributed by atoms with Gasteiger partial charge in [0.2, 0.25) is 0 Å². The Morgan fingerprint density at radius 1 is 1.47 bits per heavy atom. The first-order chi connectivity index (χ1) is 8.99. The molecule has 7 heteroatoms. The second kappa shape index (κ2) is 7.52. The third-order valence-corrected chi connectivity index (χ3v) is 3.24. The number of amides is 3. The van der Waals surface area contributed by atoms with E-state index >= 15 is 0 Å². The maximum atomic E-state index is 11.5. The topological polar surface area (TPSA) is 98.5 Å². The van der Waals surface area contributed by atoms with Crippen LogP contribution in [0.15, 0.2) is 17.5 Å². The molecule has 3 amide bonds. The van der Waals surface area contributed by atoms with Gasteiger partial charge in [0.05, 0.1) is 0 Å². The lowest BCUT2D eigenvalue weighted by atomic mass is 10.2. The number of carbonyl (C=O) groups excluding carboxylic acids is 3. The fourth-order valence-electron chi connectivity index (χ4n) is 1.39. The van der Waals surface area contributed by atoms with Crippen molar-refractivity contribution in [1.29, 1.82) is 0 Å². The first-order valence-corrected chi connectivity index (χ1v) is 6.69. The van der Waals surface area contributed by atoms with Crippen LogP contribution in [0.2, 0.25) is 0 Å². The summed E-state index contributed by atoms with van der Waals surface area (Å²) in [5.74, 6) is -1.19. The van der Waals surface area contributed by atoms with Gasteiger partial charge in [0.1, 0.15) is 0 Å². The second-order valence-electron chi connectivity index (χ2n) is 3.92. The number of ether oxygens (including phenoxy) is 1. The fourth-order valence-corrected chi connectivity index (χ4v) is 2.15. The molecule has 1 heterocycles. The van der Waals surface area contributed by atoms with E-state index in [0.29, 0.717) is 6.42 Å². The highest BCUT2D eigenvalue weighted by molar-refractivity contribution is 7.09. The Hall–Kier alpha value is -1.89. The second-order valence-corrected chi connectivity index (χ2v) is 4.95. The van der Waals surface area contributed by atoms with Gasteiger partial charge in [-0.1, -0.05) is 6.07 Å².